The van der Waals surface area contributed by atoms with Gasteiger partial charge in [-0.2, -0.15) is 0 Å². The molecule has 8 heteroatoms. The van der Waals surface area contributed by atoms with Gasteiger partial charge >= 0.3 is 0 Å². The monoisotopic (exact) mass is 482 g/mol. The summed E-state index contributed by atoms with van der Waals surface area (Å²) in [6.45, 7) is 4.38. The molecule has 8 nitrogen and oxygen atoms in total. The molecule has 6 rings (SSSR count). The highest BCUT2D eigenvalue weighted by molar-refractivity contribution is 5.83. The van der Waals surface area contributed by atoms with Gasteiger partial charge in [-0.25, -0.2) is 4.98 Å². The molecule has 0 spiro atoms. The number of nitrogens with one attached hydrogen (secondary N) is 1. The SMILES string of the molecule is COc1cnccc1-c1ccc2nc(Cc3cc(CN4CCN(C(=O)C5CC5)CC4)ccn3)[nH]c2c1. The van der Waals surface area contributed by atoms with Crippen molar-refractivity contribution in [2.45, 2.75) is 25.8 Å². The van der Waals surface area contributed by atoms with Gasteiger partial charge in [-0.1, -0.05) is 6.07 Å². The molecule has 184 valence electrons. The van der Waals surface area contributed by atoms with Crippen LogP contribution in [0.4, 0.5) is 0 Å². The molecule has 4 heterocycles. The minimum Gasteiger partial charge on any atom is -0.494 e. The van der Waals surface area contributed by atoms with Gasteiger partial charge in [-0.05, 0) is 54.3 Å². The van der Waals surface area contributed by atoms with Gasteiger partial charge in [0.25, 0.3) is 0 Å². The van der Waals surface area contributed by atoms with Crippen molar-refractivity contribution in [3.05, 3.63) is 72.1 Å². The van der Waals surface area contributed by atoms with Crippen molar-refractivity contribution in [3.63, 3.8) is 0 Å². The van der Waals surface area contributed by atoms with Crippen LogP contribution in [0.5, 0.6) is 5.75 Å². The van der Waals surface area contributed by atoms with Crippen molar-refractivity contribution in [1.82, 2.24) is 29.7 Å². The molecular formula is C28H30N6O2. The minimum absolute atomic E-state index is 0.308. The summed E-state index contributed by atoms with van der Waals surface area (Å²) < 4.78 is 5.47. The standard InChI is InChI=1S/C28H30N6O2/c1-36-26-17-29-8-7-23(26)21-4-5-24-25(15-21)32-27(31-24)16-22-14-19(6-9-30-22)18-33-10-12-34(13-11-33)28(35)20-2-3-20/h4-9,14-15,17,20H,2-3,10-13,16,18H2,1H3,(H,31,32). The molecule has 0 atom stereocenters. The molecule has 1 amide bonds. The number of aromatic nitrogens is 4. The van der Waals surface area contributed by atoms with Crippen LogP contribution >= 0.6 is 0 Å². The Hall–Kier alpha value is -3.78. The molecule has 1 aromatic carbocycles. The Morgan fingerprint density at radius 1 is 1.08 bits per heavy atom. The Balaban J connectivity index is 1.12. The molecule has 0 radical (unpaired) electrons. The molecule has 1 aliphatic carbocycles. The fourth-order valence-electron chi connectivity index (χ4n) is 4.96. The van der Waals surface area contributed by atoms with E-state index in [0.717, 1.165) is 85.0 Å². The number of piperazine rings is 1. The quantitative estimate of drug-likeness (QED) is 0.433. The van der Waals surface area contributed by atoms with Crippen LogP contribution in [0, 0.1) is 5.92 Å². The Kier molecular flexibility index (Phi) is 6.11. The smallest absolute Gasteiger partial charge is 0.225 e. The number of aromatic amines is 1. The zero-order valence-corrected chi connectivity index (χ0v) is 20.5. The third-order valence-electron chi connectivity index (χ3n) is 7.09. The van der Waals surface area contributed by atoms with Crippen LogP contribution in [0.25, 0.3) is 22.2 Å². The first-order chi connectivity index (χ1) is 17.7. The van der Waals surface area contributed by atoms with Crippen LogP contribution in [0.3, 0.4) is 0 Å². The highest BCUT2D eigenvalue weighted by Gasteiger charge is 2.34. The predicted octanol–water partition coefficient (Wildman–Crippen LogP) is 3.67. The van der Waals surface area contributed by atoms with E-state index in [1.54, 1.807) is 19.5 Å². The van der Waals surface area contributed by atoms with Crippen LogP contribution in [0.15, 0.2) is 55.0 Å². The van der Waals surface area contributed by atoms with Crippen molar-refractivity contribution in [2.24, 2.45) is 5.92 Å². The summed E-state index contributed by atoms with van der Waals surface area (Å²) in [4.78, 5) is 33.8. The molecule has 1 aliphatic heterocycles. The number of ether oxygens (including phenoxy) is 1. The summed E-state index contributed by atoms with van der Waals surface area (Å²) in [6.07, 6.45) is 8.17. The van der Waals surface area contributed by atoms with E-state index in [1.807, 2.05) is 23.2 Å². The molecule has 1 saturated carbocycles. The van der Waals surface area contributed by atoms with Crippen molar-refractivity contribution in [3.8, 4) is 16.9 Å². The Morgan fingerprint density at radius 2 is 1.94 bits per heavy atom. The summed E-state index contributed by atoms with van der Waals surface area (Å²) >= 11 is 0. The summed E-state index contributed by atoms with van der Waals surface area (Å²) in [5.74, 6) is 2.30. The van der Waals surface area contributed by atoms with Crippen LogP contribution in [-0.2, 0) is 17.8 Å². The van der Waals surface area contributed by atoms with E-state index in [-0.39, 0.29) is 0 Å². The lowest BCUT2D eigenvalue weighted by atomic mass is 10.1. The lowest BCUT2D eigenvalue weighted by Crippen LogP contribution is -2.48. The lowest BCUT2D eigenvalue weighted by molar-refractivity contribution is -0.134. The molecule has 1 saturated heterocycles. The highest BCUT2D eigenvalue weighted by Crippen LogP contribution is 2.32. The first-order valence-corrected chi connectivity index (χ1v) is 12.6. The minimum atomic E-state index is 0.308. The molecule has 1 N–H and O–H groups in total. The number of benzene rings is 1. The highest BCUT2D eigenvalue weighted by atomic mass is 16.5. The second kappa shape index (κ2) is 9.70. The number of nitrogens with zero attached hydrogens (tertiary/aromatic N) is 5. The van der Waals surface area contributed by atoms with Crippen molar-refractivity contribution in [1.29, 1.82) is 0 Å². The van der Waals surface area contributed by atoms with Crippen molar-refractivity contribution >= 4 is 16.9 Å². The normalized spacial score (nSPS) is 16.4. The number of amides is 1. The third-order valence-corrected chi connectivity index (χ3v) is 7.09. The number of hydrogen-bond donors (Lipinski definition) is 1. The van der Waals surface area contributed by atoms with Crippen molar-refractivity contribution < 1.29 is 9.53 Å². The summed E-state index contributed by atoms with van der Waals surface area (Å²) in [7, 11) is 1.66. The van der Waals surface area contributed by atoms with E-state index < -0.39 is 0 Å². The van der Waals surface area contributed by atoms with E-state index >= 15 is 0 Å². The molecule has 36 heavy (non-hydrogen) atoms. The maximum Gasteiger partial charge on any atom is 0.225 e. The maximum atomic E-state index is 12.3. The first-order valence-electron chi connectivity index (χ1n) is 12.6. The van der Waals surface area contributed by atoms with E-state index in [0.29, 0.717) is 18.2 Å². The molecular weight excluding hydrogens is 452 g/mol. The van der Waals surface area contributed by atoms with Crippen LogP contribution in [0.2, 0.25) is 0 Å². The van der Waals surface area contributed by atoms with Crippen LogP contribution in [-0.4, -0.2) is 68.9 Å². The summed E-state index contributed by atoms with van der Waals surface area (Å²) in [5.41, 5.74) is 6.19. The van der Waals surface area contributed by atoms with Crippen molar-refractivity contribution in [2.75, 3.05) is 33.3 Å². The maximum absolute atomic E-state index is 12.3. The second-order valence-electron chi connectivity index (χ2n) is 9.70. The largest absolute Gasteiger partial charge is 0.494 e. The van der Waals surface area contributed by atoms with Gasteiger partial charge in [0.05, 0.1) is 24.3 Å². The number of pyridine rings is 2. The van der Waals surface area contributed by atoms with Crippen LogP contribution < -0.4 is 4.74 Å². The summed E-state index contributed by atoms with van der Waals surface area (Å²) in [5, 5.41) is 0. The number of imidazole rings is 1. The van der Waals surface area contributed by atoms with E-state index in [4.69, 9.17) is 9.72 Å². The average Bonchev–Trinajstić information content (AvgIpc) is 3.68. The Morgan fingerprint density at radius 3 is 2.75 bits per heavy atom. The lowest BCUT2D eigenvalue weighted by Gasteiger charge is -2.35. The van der Waals surface area contributed by atoms with Gasteiger partial charge in [-0.3, -0.25) is 19.7 Å². The van der Waals surface area contributed by atoms with Gasteiger partial charge in [0.15, 0.2) is 0 Å². The molecule has 0 unspecified atom stereocenters. The number of methoxy groups -OCH3 is 1. The van der Waals surface area contributed by atoms with E-state index in [9.17, 15) is 4.79 Å². The van der Waals surface area contributed by atoms with Crippen LogP contribution in [0.1, 0.15) is 29.9 Å². The molecule has 2 aliphatic rings. The number of H-pyrrole nitrogens is 1. The Labute approximate surface area is 210 Å². The third kappa shape index (κ3) is 4.81. The molecule has 4 aromatic rings. The van der Waals surface area contributed by atoms with Gasteiger partial charge in [-0.15, -0.1) is 0 Å². The second-order valence-corrected chi connectivity index (χ2v) is 9.70. The average molecular weight is 483 g/mol. The molecule has 0 bridgehead atoms. The number of carbonyl (C=O) groups excluding carboxylic acids is 1. The Bertz CT molecular complexity index is 1390. The fraction of sp³-hybridized carbons (Fsp3) is 0.357. The topological polar surface area (TPSA) is 87.2 Å². The number of rotatable bonds is 7. The van der Waals surface area contributed by atoms with E-state index in [2.05, 4.69) is 44.1 Å². The fourth-order valence-corrected chi connectivity index (χ4v) is 4.96. The zero-order chi connectivity index (χ0) is 24.5. The van der Waals surface area contributed by atoms with Gasteiger partial charge in [0, 0.05) is 68.7 Å². The predicted molar refractivity (Wildman–Crippen MR) is 138 cm³/mol. The number of fused-ring (bicyclic) bond motifs is 1. The molecule has 3 aromatic heterocycles. The van der Waals surface area contributed by atoms with E-state index in [1.165, 1.54) is 5.56 Å². The number of carbonyl (C=O) groups is 1. The van der Waals surface area contributed by atoms with Gasteiger partial charge in [0.2, 0.25) is 5.91 Å². The zero-order valence-electron chi connectivity index (χ0n) is 20.5. The van der Waals surface area contributed by atoms with Gasteiger partial charge < -0.3 is 14.6 Å². The first kappa shape index (κ1) is 22.7. The number of hydrogen-bond acceptors (Lipinski definition) is 6. The molecule has 2 fully saturated rings. The summed E-state index contributed by atoms with van der Waals surface area (Å²) in [6, 6.07) is 12.4. The van der Waals surface area contributed by atoms with Gasteiger partial charge in [0.1, 0.15) is 11.6 Å².